The van der Waals surface area contributed by atoms with Crippen LogP contribution in [-0.2, 0) is 0 Å². The average Bonchev–Trinajstić information content (AvgIpc) is 2.89. The van der Waals surface area contributed by atoms with Crippen LogP contribution < -0.4 is 0 Å². The number of rotatable bonds is 0. The van der Waals surface area contributed by atoms with Gasteiger partial charge in [0, 0.05) is 23.0 Å². The maximum absolute atomic E-state index is 12.7. The molecular formula is C16H13ClO2. The average molecular weight is 273 g/mol. The van der Waals surface area contributed by atoms with Crippen LogP contribution in [-0.4, -0.2) is 11.6 Å². The summed E-state index contributed by atoms with van der Waals surface area (Å²) in [4.78, 5) is 25.5. The SMILES string of the molecule is CC12C=CC(C1)C1C(=O)c3c(Cl)cccc3C(=O)C12. The molecule has 2 nitrogen and oxygen atoms in total. The fourth-order valence-electron chi connectivity index (χ4n) is 4.24. The second kappa shape index (κ2) is 3.37. The zero-order valence-electron chi connectivity index (χ0n) is 10.5. The number of allylic oxidation sites excluding steroid dienone is 2. The molecule has 1 saturated carbocycles. The van der Waals surface area contributed by atoms with Gasteiger partial charge < -0.3 is 0 Å². The number of ketones is 2. The molecule has 3 aliphatic carbocycles. The first kappa shape index (κ1) is 11.4. The van der Waals surface area contributed by atoms with E-state index in [-0.39, 0.29) is 34.7 Å². The van der Waals surface area contributed by atoms with Crippen LogP contribution in [0.15, 0.2) is 30.4 Å². The molecule has 0 N–H and O–H groups in total. The molecular weight excluding hydrogens is 260 g/mol. The Labute approximate surface area is 116 Å². The Hall–Kier alpha value is -1.41. The first-order valence-electron chi connectivity index (χ1n) is 6.59. The van der Waals surface area contributed by atoms with Crippen LogP contribution in [0.2, 0.25) is 5.02 Å². The van der Waals surface area contributed by atoms with Crippen LogP contribution in [0.1, 0.15) is 34.1 Å². The first-order valence-corrected chi connectivity index (χ1v) is 6.97. The van der Waals surface area contributed by atoms with E-state index in [0.717, 1.165) is 6.42 Å². The third-order valence-corrected chi connectivity index (χ3v) is 5.36. The molecule has 96 valence electrons. The van der Waals surface area contributed by atoms with Gasteiger partial charge in [-0.15, -0.1) is 0 Å². The molecule has 0 heterocycles. The Morgan fingerprint density at radius 1 is 1.26 bits per heavy atom. The molecule has 0 amide bonds. The molecule has 1 aromatic rings. The minimum atomic E-state index is -0.199. The number of halogens is 1. The van der Waals surface area contributed by atoms with Gasteiger partial charge in [-0.3, -0.25) is 9.59 Å². The van der Waals surface area contributed by atoms with Gasteiger partial charge in [0.05, 0.1) is 5.02 Å². The lowest BCUT2D eigenvalue weighted by Crippen LogP contribution is -2.42. The van der Waals surface area contributed by atoms with E-state index in [0.29, 0.717) is 16.1 Å². The molecule has 19 heavy (non-hydrogen) atoms. The van der Waals surface area contributed by atoms with Crippen molar-refractivity contribution in [1.82, 2.24) is 0 Å². The van der Waals surface area contributed by atoms with E-state index in [1.165, 1.54) is 0 Å². The Morgan fingerprint density at radius 2 is 2.05 bits per heavy atom. The molecule has 0 spiro atoms. The molecule has 4 rings (SSSR count). The van der Waals surface area contributed by atoms with E-state index in [4.69, 9.17) is 11.6 Å². The molecule has 2 bridgehead atoms. The molecule has 4 unspecified atom stereocenters. The normalized spacial score (nSPS) is 38.5. The van der Waals surface area contributed by atoms with Gasteiger partial charge in [-0.25, -0.2) is 0 Å². The summed E-state index contributed by atoms with van der Waals surface area (Å²) in [7, 11) is 0. The van der Waals surface area contributed by atoms with E-state index in [2.05, 4.69) is 19.1 Å². The maximum atomic E-state index is 12.7. The van der Waals surface area contributed by atoms with Crippen molar-refractivity contribution >= 4 is 23.2 Å². The number of hydrogen-bond donors (Lipinski definition) is 0. The van der Waals surface area contributed by atoms with Crippen molar-refractivity contribution in [3.63, 3.8) is 0 Å². The topological polar surface area (TPSA) is 34.1 Å². The van der Waals surface area contributed by atoms with Crippen molar-refractivity contribution < 1.29 is 9.59 Å². The lowest BCUT2D eigenvalue weighted by molar-refractivity contribution is 0.0676. The number of carbonyl (C=O) groups is 2. The third-order valence-electron chi connectivity index (χ3n) is 5.04. The second-order valence-corrected chi connectivity index (χ2v) is 6.53. The lowest BCUT2D eigenvalue weighted by Gasteiger charge is -2.36. The van der Waals surface area contributed by atoms with Crippen LogP contribution in [0.5, 0.6) is 0 Å². The first-order chi connectivity index (χ1) is 9.03. The summed E-state index contributed by atoms with van der Waals surface area (Å²) in [5.41, 5.74) is 0.808. The van der Waals surface area contributed by atoms with Gasteiger partial charge in [-0.05, 0) is 23.8 Å². The Balaban J connectivity index is 1.98. The molecule has 0 saturated heterocycles. The number of Topliss-reactive ketones (excluding diaryl/α,β-unsaturated/α-hetero) is 2. The standard InChI is InChI=1S/C16H13ClO2/c1-16-6-5-8(7-16)11-13(16)14(18)9-3-2-4-10(17)12(9)15(11)19/h2-6,8,11,13H,7H2,1H3. The highest BCUT2D eigenvalue weighted by atomic mass is 35.5. The summed E-state index contributed by atoms with van der Waals surface area (Å²) in [6.45, 7) is 2.09. The smallest absolute Gasteiger partial charge is 0.169 e. The van der Waals surface area contributed by atoms with Gasteiger partial charge in [-0.1, -0.05) is 42.8 Å². The Bertz CT molecular complexity index is 661. The predicted molar refractivity (Wildman–Crippen MR) is 72.4 cm³/mol. The fraction of sp³-hybridized carbons (Fsp3) is 0.375. The van der Waals surface area contributed by atoms with E-state index >= 15 is 0 Å². The Kier molecular flexibility index (Phi) is 2.03. The monoisotopic (exact) mass is 272 g/mol. The number of fused-ring (bicyclic) bond motifs is 6. The minimum absolute atomic E-state index is 0.0586. The molecule has 0 radical (unpaired) electrons. The Morgan fingerprint density at radius 3 is 2.84 bits per heavy atom. The van der Waals surface area contributed by atoms with E-state index in [1.54, 1.807) is 18.2 Å². The summed E-state index contributed by atoms with van der Waals surface area (Å²) < 4.78 is 0. The summed E-state index contributed by atoms with van der Waals surface area (Å²) in [5, 5.41) is 0.409. The zero-order chi connectivity index (χ0) is 13.4. The number of carbonyl (C=O) groups excluding carboxylic acids is 2. The van der Waals surface area contributed by atoms with Crippen LogP contribution >= 0.6 is 11.6 Å². The minimum Gasteiger partial charge on any atom is -0.294 e. The molecule has 1 fully saturated rings. The third kappa shape index (κ3) is 1.23. The van der Waals surface area contributed by atoms with Gasteiger partial charge in [0.1, 0.15) is 0 Å². The summed E-state index contributed by atoms with van der Waals surface area (Å²) in [5.74, 6) is -0.0357. The molecule has 0 aromatic heterocycles. The highest BCUT2D eigenvalue weighted by Crippen LogP contribution is 2.60. The fourth-order valence-corrected chi connectivity index (χ4v) is 4.51. The van der Waals surface area contributed by atoms with Crippen LogP contribution in [0, 0.1) is 23.2 Å². The summed E-state index contributed by atoms with van der Waals surface area (Å²) in [6, 6.07) is 5.17. The maximum Gasteiger partial charge on any atom is 0.169 e. The van der Waals surface area contributed by atoms with E-state index in [9.17, 15) is 9.59 Å². The molecule has 0 aliphatic heterocycles. The molecule has 3 heteroatoms. The number of benzene rings is 1. The molecule has 4 atom stereocenters. The lowest BCUT2D eigenvalue weighted by atomic mass is 9.65. The molecule has 3 aliphatic rings. The van der Waals surface area contributed by atoms with Gasteiger partial charge in [0.15, 0.2) is 11.6 Å². The number of hydrogen-bond acceptors (Lipinski definition) is 2. The van der Waals surface area contributed by atoms with E-state index < -0.39 is 0 Å². The second-order valence-electron chi connectivity index (χ2n) is 6.13. The molecule has 1 aromatic carbocycles. The van der Waals surface area contributed by atoms with E-state index in [1.807, 2.05) is 0 Å². The largest absolute Gasteiger partial charge is 0.294 e. The van der Waals surface area contributed by atoms with Crippen LogP contribution in [0.4, 0.5) is 0 Å². The quantitative estimate of drug-likeness (QED) is 0.677. The van der Waals surface area contributed by atoms with Crippen molar-refractivity contribution in [3.05, 3.63) is 46.5 Å². The van der Waals surface area contributed by atoms with Crippen molar-refractivity contribution in [2.75, 3.05) is 0 Å². The van der Waals surface area contributed by atoms with Gasteiger partial charge >= 0.3 is 0 Å². The van der Waals surface area contributed by atoms with Crippen molar-refractivity contribution in [2.45, 2.75) is 13.3 Å². The van der Waals surface area contributed by atoms with Crippen LogP contribution in [0.3, 0.4) is 0 Å². The van der Waals surface area contributed by atoms with Crippen molar-refractivity contribution in [3.8, 4) is 0 Å². The summed E-state index contributed by atoms with van der Waals surface area (Å²) in [6.07, 6.45) is 5.14. The highest BCUT2D eigenvalue weighted by molar-refractivity contribution is 6.36. The van der Waals surface area contributed by atoms with Gasteiger partial charge in [0.25, 0.3) is 0 Å². The van der Waals surface area contributed by atoms with Crippen molar-refractivity contribution in [2.24, 2.45) is 23.2 Å². The van der Waals surface area contributed by atoms with Crippen LogP contribution in [0.25, 0.3) is 0 Å². The van der Waals surface area contributed by atoms with Gasteiger partial charge in [-0.2, -0.15) is 0 Å². The predicted octanol–water partition coefficient (Wildman–Crippen LogP) is 3.55. The zero-order valence-corrected chi connectivity index (χ0v) is 11.3. The highest BCUT2D eigenvalue weighted by Gasteiger charge is 2.60. The van der Waals surface area contributed by atoms with Crippen molar-refractivity contribution in [1.29, 1.82) is 0 Å². The summed E-state index contributed by atoms with van der Waals surface area (Å²) >= 11 is 6.14. The van der Waals surface area contributed by atoms with Gasteiger partial charge in [0.2, 0.25) is 0 Å².